The Labute approximate surface area is 97.3 Å². The van der Waals surface area contributed by atoms with Gasteiger partial charge in [-0.05, 0) is 40.3 Å². The van der Waals surface area contributed by atoms with Gasteiger partial charge in [0.25, 0.3) is 0 Å². The van der Waals surface area contributed by atoms with Gasteiger partial charge >= 0.3 is 0 Å². The zero-order valence-corrected chi connectivity index (χ0v) is 10.1. The molecule has 0 saturated carbocycles. The molecule has 0 fully saturated rings. The molecule has 0 amide bonds. The molecule has 1 rings (SSSR count). The van der Waals surface area contributed by atoms with E-state index in [-0.39, 0.29) is 0 Å². The van der Waals surface area contributed by atoms with E-state index in [0.717, 1.165) is 16.2 Å². The van der Waals surface area contributed by atoms with E-state index >= 15 is 0 Å². The molecule has 0 aliphatic carbocycles. The Morgan fingerprint density at radius 1 is 1.46 bits per heavy atom. The van der Waals surface area contributed by atoms with Crippen molar-refractivity contribution < 1.29 is 4.92 Å². The van der Waals surface area contributed by atoms with Crippen LogP contribution in [0.15, 0.2) is 34.9 Å². The third-order valence-corrected chi connectivity index (χ3v) is 2.77. The average molecular weight is 354 g/mol. The van der Waals surface area contributed by atoms with Crippen LogP contribution >= 0.6 is 38.5 Å². The van der Waals surface area contributed by atoms with Crippen LogP contribution in [0.5, 0.6) is 0 Å². The number of nitrogens with zero attached hydrogens (tertiary/aromatic N) is 1. The summed E-state index contributed by atoms with van der Waals surface area (Å²) in [5.74, 6) is 0. The first kappa shape index (κ1) is 10.6. The Morgan fingerprint density at radius 3 is 2.46 bits per heavy atom. The molecule has 0 N–H and O–H groups in total. The normalized spacial score (nSPS) is 11.4. The third kappa shape index (κ3) is 3.43. The standard InChI is InChI=1S/C8H5BrINO2/c9-7-3-1-6(2-4-7)8(10)5-11(12)13/h1-5H/b8-5+. The first-order valence-electron chi connectivity index (χ1n) is 3.36. The van der Waals surface area contributed by atoms with E-state index in [2.05, 4.69) is 15.9 Å². The number of hydrogen-bond donors (Lipinski definition) is 0. The fraction of sp³-hybridized carbons (Fsp3) is 0. The lowest BCUT2D eigenvalue weighted by molar-refractivity contribution is -0.401. The molecule has 0 heterocycles. The number of rotatable bonds is 2. The van der Waals surface area contributed by atoms with E-state index in [1.54, 1.807) is 0 Å². The molecule has 1 aromatic rings. The molecule has 0 aliphatic heterocycles. The molecule has 0 aromatic heterocycles. The van der Waals surface area contributed by atoms with E-state index in [1.165, 1.54) is 0 Å². The second-order valence-corrected chi connectivity index (χ2v) is 4.35. The third-order valence-electron chi connectivity index (χ3n) is 1.34. The fourth-order valence-electron chi connectivity index (χ4n) is 0.776. The monoisotopic (exact) mass is 353 g/mol. The maximum atomic E-state index is 10.2. The molecule has 0 aliphatic rings. The minimum atomic E-state index is -0.455. The Hall–Kier alpha value is -0.430. The van der Waals surface area contributed by atoms with Crippen molar-refractivity contribution in [2.24, 2.45) is 0 Å². The zero-order chi connectivity index (χ0) is 9.84. The highest BCUT2D eigenvalue weighted by molar-refractivity contribution is 14.1. The Morgan fingerprint density at radius 2 is 2.00 bits per heavy atom. The van der Waals surface area contributed by atoms with E-state index in [9.17, 15) is 10.1 Å². The van der Waals surface area contributed by atoms with Crippen LogP contribution in [-0.2, 0) is 0 Å². The molecule has 68 valence electrons. The van der Waals surface area contributed by atoms with Crippen LogP contribution in [-0.4, -0.2) is 4.92 Å². The summed E-state index contributed by atoms with van der Waals surface area (Å²) in [6, 6.07) is 7.35. The molecular formula is C8H5BrINO2. The molecular weight excluding hydrogens is 349 g/mol. The van der Waals surface area contributed by atoms with Gasteiger partial charge in [-0.1, -0.05) is 28.1 Å². The smallest absolute Gasteiger partial charge is 0.248 e. The van der Waals surface area contributed by atoms with Crippen LogP contribution in [0.25, 0.3) is 3.58 Å². The molecule has 13 heavy (non-hydrogen) atoms. The van der Waals surface area contributed by atoms with Gasteiger partial charge in [0.05, 0.1) is 8.50 Å². The van der Waals surface area contributed by atoms with E-state index in [0.29, 0.717) is 3.58 Å². The molecule has 0 bridgehead atoms. The summed E-state index contributed by atoms with van der Waals surface area (Å²) in [6.07, 6.45) is 0.990. The van der Waals surface area contributed by atoms with E-state index < -0.39 is 4.92 Å². The summed E-state index contributed by atoms with van der Waals surface area (Å²) >= 11 is 5.23. The highest BCUT2D eigenvalue weighted by Crippen LogP contribution is 2.23. The van der Waals surface area contributed by atoms with Crippen LogP contribution in [0.2, 0.25) is 0 Å². The Balaban J connectivity index is 2.96. The molecule has 0 saturated heterocycles. The van der Waals surface area contributed by atoms with Crippen molar-refractivity contribution in [1.82, 2.24) is 0 Å². The first-order valence-corrected chi connectivity index (χ1v) is 5.23. The minimum Gasteiger partial charge on any atom is -0.259 e. The van der Waals surface area contributed by atoms with Crippen molar-refractivity contribution in [2.45, 2.75) is 0 Å². The van der Waals surface area contributed by atoms with Gasteiger partial charge in [0.1, 0.15) is 0 Å². The van der Waals surface area contributed by atoms with Crippen LogP contribution < -0.4 is 0 Å². The quantitative estimate of drug-likeness (QED) is 0.464. The van der Waals surface area contributed by atoms with Gasteiger partial charge in [0.15, 0.2) is 0 Å². The minimum absolute atomic E-state index is 0.455. The van der Waals surface area contributed by atoms with Gasteiger partial charge in [-0.2, -0.15) is 0 Å². The maximum absolute atomic E-state index is 10.2. The molecule has 5 heteroatoms. The molecule has 0 unspecified atom stereocenters. The topological polar surface area (TPSA) is 43.1 Å². The second kappa shape index (κ2) is 4.71. The molecule has 0 spiro atoms. The first-order chi connectivity index (χ1) is 6.09. The largest absolute Gasteiger partial charge is 0.259 e. The Bertz CT molecular complexity index is 348. The van der Waals surface area contributed by atoms with E-state index in [1.807, 2.05) is 46.9 Å². The van der Waals surface area contributed by atoms with Crippen molar-refractivity contribution in [1.29, 1.82) is 0 Å². The molecule has 1 aromatic carbocycles. The number of nitro groups is 1. The van der Waals surface area contributed by atoms with Crippen LogP contribution in [0.4, 0.5) is 0 Å². The number of benzene rings is 1. The maximum Gasteiger partial charge on any atom is 0.248 e. The lowest BCUT2D eigenvalue weighted by Crippen LogP contribution is -1.85. The van der Waals surface area contributed by atoms with Gasteiger partial charge in [0, 0.05) is 4.47 Å². The van der Waals surface area contributed by atoms with Gasteiger partial charge in [-0.3, -0.25) is 10.1 Å². The predicted octanol–water partition coefficient (Wildman–Crippen LogP) is 3.46. The summed E-state index contributed by atoms with van der Waals surface area (Å²) in [4.78, 5) is 9.71. The summed E-state index contributed by atoms with van der Waals surface area (Å²) in [6.45, 7) is 0. The molecule has 3 nitrogen and oxygen atoms in total. The highest BCUT2D eigenvalue weighted by atomic mass is 127. The van der Waals surface area contributed by atoms with Crippen molar-refractivity contribution >= 4 is 42.1 Å². The van der Waals surface area contributed by atoms with E-state index in [4.69, 9.17) is 0 Å². The second-order valence-electron chi connectivity index (χ2n) is 2.27. The number of halogens is 2. The van der Waals surface area contributed by atoms with Gasteiger partial charge < -0.3 is 0 Å². The SMILES string of the molecule is O=[N+]([O-])/C=C(/I)c1ccc(Br)cc1. The van der Waals surface area contributed by atoms with Crippen molar-refractivity contribution in [3.63, 3.8) is 0 Å². The van der Waals surface area contributed by atoms with Crippen molar-refractivity contribution in [3.05, 3.63) is 50.6 Å². The van der Waals surface area contributed by atoms with Crippen LogP contribution in [0, 0.1) is 10.1 Å². The number of hydrogen-bond acceptors (Lipinski definition) is 2. The summed E-state index contributed by atoms with van der Waals surface area (Å²) in [5, 5.41) is 10.2. The zero-order valence-electron chi connectivity index (χ0n) is 6.41. The van der Waals surface area contributed by atoms with Gasteiger partial charge in [0.2, 0.25) is 6.20 Å². The van der Waals surface area contributed by atoms with Gasteiger partial charge in [-0.25, -0.2) is 0 Å². The van der Waals surface area contributed by atoms with Crippen molar-refractivity contribution in [3.8, 4) is 0 Å². The summed E-state index contributed by atoms with van der Waals surface area (Å²) < 4.78 is 1.58. The predicted molar refractivity (Wildman–Crippen MR) is 63.1 cm³/mol. The average Bonchev–Trinajstić information content (AvgIpc) is 2.04. The van der Waals surface area contributed by atoms with Crippen LogP contribution in [0.1, 0.15) is 5.56 Å². The Kier molecular flexibility index (Phi) is 3.86. The summed E-state index contributed by atoms with van der Waals surface area (Å²) in [5.41, 5.74) is 0.848. The van der Waals surface area contributed by atoms with Crippen molar-refractivity contribution in [2.75, 3.05) is 0 Å². The molecule has 0 atom stereocenters. The lowest BCUT2D eigenvalue weighted by atomic mass is 10.2. The highest BCUT2D eigenvalue weighted by Gasteiger charge is 2.01. The lowest BCUT2D eigenvalue weighted by Gasteiger charge is -1.96. The molecule has 0 radical (unpaired) electrons. The van der Waals surface area contributed by atoms with Crippen LogP contribution in [0.3, 0.4) is 0 Å². The summed E-state index contributed by atoms with van der Waals surface area (Å²) in [7, 11) is 0. The van der Waals surface area contributed by atoms with Gasteiger partial charge in [-0.15, -0.1) is 0 Å². The fourth-order valence-corrected chi connectivity index (χ4v) is 1.63.